The van der Waals surface area contributed by atoms with Crippen LogP contribution in [0, 0.1) is 0 Å². The van der Waals surface area contributed by atoms with E-state index >= 15 is 0 Å². The van der Waals surface area contributed by atoms with Gasteiger partial charge in [-0.1, -0.05) is 36.4 Å². The zero-order valence-corrected chi connectivity index (χ0v) is 15.4. The maximum atomic E-state index is 12.5. The lowest BCUT2D eigenvalue weighted by Gasteiger charge is -2.37. The molecule has 0 spiro atoms. The second-order valence-electron chi connectivity index (χ2n) is 6.90. The lowest BCUT2D eigenvalue weighted by molar-refractivity contribution is -0.127. The van der Waals surface area contributed by atoms with E-state index in [1.807, 2.05) is 30.2 Å². The highest BCUT2D eigenvalue weighted by atomic mass is 16.2. The van der Waals surface area contributed by atoms with Crippen LogP contribution in [0.15, 0.2) is 60.9 Å². The molecule has 1 aliphatic rings. The van der Waals surface area contributed by atoms with E-state index in [1.54, 1.807) is 18.5 Å². The van der Waals surface area contributed by atoms with Gasteiger partial charge in [-0.2, -0.15) is 0 Å². The molecule has 1 aromatic heterocycles. The van der Waals surface area contributed by atoms with E-state index in [2.05, 4.69) is 40.2 Å². The first kappa shape index (κ1) is 18.3. The first-order valence-corrected chi connectivity index (χ1v) is 9.33. The van der Waals surface area contributed by atoms with Crippen molar-refractivity contribution < 1.29 is 4.79 Å². The fourth-order valence-corrected chi connectivity index (χ4v) is 3.42. The SMILES string of the molecule is CN(C(=O)C=Cc1cccnc1)C1CCCN(CCc2ccccc2)C1. The minimum atomic E-state index is 0.0590. The number of hydrogen-bond donors (Lipinski definition) is 0. The van der Waals surface area contributed by atoms with Crippen LogP contribution in [-0.4, -0.2) is 53.4 Å². The lowest BCUT2D eigenvalue weighted by atomic mass is 10.0. The molecule has 0 radical (unpaired) electrons. The number of hydrogen-bond acceptors (Lipinski definition) is 3. The maximum absolute atomic E-state index is 12.5. The topological polar surface area (TPSA) is 36.4 Å². The summed E-state index contributed by atoms with van der Waals surface area (Å²) < 4.78 is 0. The molecule has 1 unspecified atom stereocenters. The normalized spacial score (nSPS) is 18.1. The van der Waals surface area contributed by atoms with Gasteiger partial charge in [-0.25, -0.2) is 0 Å². The Morgan fingerprint density at radius 3 is 2.88 bits per heavy atom. The molecule has 0 bridgehead atoms. The van der Waals surface area contributed by atoms with Crippen LogP contribution in [0.5, 0.6) is 0 Å². The van der Waals surface area contributed by atoms with Gasteiger partial charge in [-0.15, -0.1) is 0 Å². The van der Waals surface area contributed by atoms with E-state index in [9.17, 15) is 4.79 Å². The molecule has 4 nitrogen and oxygen atoms in total. The maximum Gasteiger partial charge on any atom is 0.246 e. The molecular weight excluding hydrogens is 322 g/mol. The summed E-state index contributed by atoms with van der Waals surface area (Å²) in [6.07, 6.45) is 10.3. The van der Waals surface area contributed by atoms with Crippen LogP contribution >= 0.6 is 0 Å². The van der Waals surface area contributed by atoms with E-state index in [0.717, 1.165) is 44.5 Å². The predicted molar refractivity (Wildman–Crippen MR) is 106 cm³/mol. The number of amides is 1. The van der Waals surface area contributed by atoms with Gasteiger partial charge >= 0.3 is 0 Å². The third-order valence-corrected chi connectivity index (χ3v) is 5.04. The summed E-state index contributed by atoms with van der Waals surface area (Å²) in [4.78, 5) is 20.9. The van der Waals surface area contributed by atoms with Crippen LogP contribution in [0.1, 0.15) is 24.0 Å². The number of pyridine rings is 1. The number of likely N-dealkylation sites (N-methyl/N-ethyl adjacent to an activating group) is 1. The van der Waals surface area contributed by atoms with Gasteiger partial charge in [0.15, 0.2) is 0 Å². The van der Waals surface area contributed by atoms with Crippen LogP contribution in [0.4, 0.5) is 0 Å². The number of carbonyl (C=O) groups excluding carboxylic acids is 1. The van der Waals surface area contributed by atoms with Crippen molar-refractivity contribution in [3.05, 3.63) is 72.1 Å². The predicted octanol–water partition coefficient (Wildman–Crippen LogP) is 3.26. The Morgan fingerprint density at radius 2 is 2.12 bits per heavy atom. The molecule has 1 aromatic carbocycles. The van der Waals surface area contributed by atoms with Gasteiger partial charge in [0.25, 0.3) is 0 Å². The van der Waals surface area contributed by atoms with Crippen LogP contribution in [0.2, 0.25) is 0 Å². The Labute approximate surface area is 156 Å². The zero-order valence-electron chi connectivity index (χ0n) is 15.4. The van der Waals surface area contributed by atoms with E-state index < -0.39 is 0 Å². The molecule has 0 aliphatic carbocycles. The number of rotatable bonds is 6. The third-order valence-electron chi connectivity index (χ3n) is 5.04. The van der Waals surface area contributed by atoms with Crippen molar-refractivity contribution in [2.75, 3.05) is 26.7 Å². The third kappa shape index (κ3) is 5.27. The van der Waals surface area contributed by atoms with Crippen molar-refractivity contribution in [1.82, 2.24) is 14.8 Å². The number of aromatic nitrogens is 1. The summed E-state index contributed by atoms with van der Waals surface area (Å²) >= 11 is 0. The molecule has 1 amide bonds. The second kappa shape index (κ2) is 9.30. The number of piperidine rings is 1. The molecule has 0 saturated carbocycles. The molecule has 1 aliphatic heterocycles. The van der Waals surface area contributed by atoms with Crippen molar-refractivity contribution in [3.63, 3.8) is 0 Å². The monoisotopic (exact) mass is 349 g/mol. The highest BCUT2D eigenvalue weighted by molar-refractivity contribution is 5.91. The molecular formula is C22H27N3O. The van der Waals surface area contributed by atoms with Gasteiger partial charge in [0, 0.05) is 44.6 Å². The van der Waals surface area contributed by atoms with Crippen molar-refractivity contribution in [2.45, 2.75) is 25.3 Å². The van der Waals surface area contributed by atoms with Gasteiger partial charge in [0.2, 0.25) is 5.91 Å². The quantitative estimate of drug-likeness (QED) is 0.751. The molecule has 4 heteroatoms. The molecule has 2 heterocycles. The Balaban J connectivity index is 1.51. The highest BCUT2D eigenvalue weighted by Crippen LogP contribution is 2.16. The minimum absolute atomic E-state index is 0.0590. The summed E-state index contributed by atoms with van der Waals surface area (Å²) in [6.45, 7) is 3.13. The molecule has 136 valence electrons. The van der Waals surface area contributed by atoms with Crippen LogP contribution in [-0.2, 0) is 11.2 Å². The molecule has 3 rings (SSSR count). The summed E-state index contributed by atoms with van der Waals surface area (Å²) in [5.41, 5.74) is 2.32. The van der Waals surface area contributed by atoms with Gasteiger partial charge in [0.1, 0.15) is 0 Å². The highest BCUT2D eigenvalue weighted by Gasteiger charge is 2.24. The summed E-state index contributed by atoms with van der Waals surface area (Å²) in [6, 6.07) is 14.7. The van der Waals surface area contributed by atoms with Crippen LogP contribution in [0.25, 0.3) is 6.08 Å². The van der Waals surface area contributed by atoms with Crippen molar-refractivity contribution in [3.8, 4) is 0 Å². The van der Waals surface area contributed by atoms with Crippen molar-refractivity contribution in [2.24, 2.45) is 0 Å². The largest absolute Gasteiger partial charge is 0.338 e. The second-order valence-corrected chi connectivity index (χ2v) is 6.90. The fraction of sp³-hybridized carbons (Fsp3) is 0.364. The number of nitrogens with zero attached hydrogens (tertiary/aromatic N) is 3. The van der Waals surface area contributed by atoms with Crippen molar-refractivity contribution >= 4 is 12.0 Å². The van der Waals surface area contributed by atoms with Crippen molar-refractivity contribution in [1.29, 1.82) is 0 Å². The molecule has 1 fully saturated rings. The first-order valence-electron chi connectivity index (χ1n) is 9.33. The summed E-state index contributed by atoms with van der Waals surface area (Å²) in [5, 5.41) is 0. The van der Waals surface area contributed by atoms with E-state index in [1.165, 1.54) is 5.56 Å². The Kier molecular flexibility index (Phi) is 6.56. The molecule has 1 atom stereocenters. The van der Waals surface area contributed by atoms with Gasteiger partial charge in [0.05, 0.1) is 0 Å². The van der Waals surface area contributed by atoms with Crippen LogP contribution < -0.4 is 0 Å². The van der Waals surface area contributed by atoms with E-state index in [-0.39, 0.29) is 11.9 Å². The summed E-state index contributed by atoms with van der Waals surface area (Å²) in [5.74, 6) is 0.0590. The van der Waals surface area contributed by atoms with Crippen LogP contribution in [0.3, 0.4) is 0 Å². The Bertz CT molecular complexity index is 715. The van der Waals surface area contributed by atoms with E-state index in [0.29, 0.717) is 0 Å². The van der Waals surface area contributed by atoms with Gasteiger partial charge in [-0.05, 0) is 49.1 Å². The Morgan fingerprint density at radius 1 is 1.27 bits per heavy atom. The zero-order chi connectivity index (χ0) is 18.2. The van der Waals surface area contributed by atoms with Gasteiger partial charge in [-0.3, -0.25) is 9.78 Å². The molecule has 0 N–H and O–H groups in total. The van der Waals surface area contributed by atoms with E-state index in [4.69, 9.17) is 0 Å². The Hall–Kier alpha value is -2.46. The number of benzene rings is 1. The standard InChI is InChI=1S/C22H27N3O/c1-24(22(26)12-11-20-9-5-14-23-17-20)21-10-6-15-25(18-21)16-13-19-7-3-2-4-8-19/h2-5,7-9,11-12,14,17,21H,6,10,13,15-16,18H2,1H3. The molecule has 26 heavy (non-hydrogen) atoms. The minimum Gasteiger partial charge on any atom is -0.338 e. The number of carbonyl (C=O) groups is 1. The average Bonchev–Trinajstić information content (AvgIpc) is 2.71. The smallest absolute Gasteiger partial charge is 0.246 e. The fourth-order valence-electron chi connectivity index (χ4n) is 3.42. The van der Waals surface area contributed by atoms with Gasteiger partial charge < -0.3 is 9.80 Å². The first-order chi connectivity index (χ1) is 12.7. The molecule has 1 saturated heterocycles. The lowest BCUT2D eigenvalue weighted by Crippen LogP contribution is -2.48. The number of likely N-dealkylation sites (tertiary alicyclic amines) is 1. The molecule has 2 aromatic rings. The summed E-state index contributed by atoms with van der Waals surface area (Å²) in [7, 11) is 1.92. The average molecular weight is 349 g/mol.